The number of imidazole rings is 1. The van der Waals surface area contributed by atoms with Crippen LogP contribution in [0.25, 0.3) is 16.9 Å². The normalized spacial score (nSPS) is 10.7. The number of anilines is 1. The Labute approximate surface area is 103 Å². The minimum atomic E-state index is 0.306. The minimum absolute atomic E-state index is 0.306. The van der Waals surface area contributed by atoms with Crippen LogP contribution >= 0.6 is 0 Å². The predicted octanol–water partition coefficient (Wildman–Crippen LogP) is 1.41. The molecule has 90 valence electrons. The lowest BCUT2D eigenvalue weighted by atomic mass is 10.3. The molecule has 0 spiro atoms. The predicted molar refractivity (Wildman–Crippen MR) is 67.6 cm³/mol. The zero-order chi connectivity index (χ0) is 12.5. The lowest BCUT2D eigenvalue weighted by Crippen LogP contribution is -2.04. The third-order valence-electron chi connectivity index (χ3n) is 2.70. The van der Waals surface area contributed by atoms with Gasteiger partial charge in [0.25, 0.3) is 0 Å². The molecule has 0 aliphatic rings. The molecule has 3 aromatic rings. The van der Waals surface area contributed by atoms with Crippen LogP contribution in [0, 0.1) is 0 Å². The monoisotopic (exact) mass is 241 g/mol. The molecule has 0 radical (unpaired) electrons. The lowest BCUT2D eigenvalue weighted by Gasteiger charge is -2.09. The topological polar surface area (TPSA) is 78.9 Å². The Kier molecular flexibility index (Phi) is 2.33. The molecule has 0 aliphatic heterocycles. The number of hydrogen-bond donors (Lipinski definition) is 1. The molecule has 0 unspecified atom stereocenters. The van der Waals surface area contributed by atoms with Crippen LogP contribution in [0.2, 0.25) is 0 Å². The van der Waals surface area contributed by atoms with Gasteiger partial charge in [-0.15, -0.1) is 0 Å². The molecule has 0 saturated carbocycles. The molecule has 0 bridgehead atoms. The van der Waals surface area contributed by atoms with Gasteiger partial charge >= 0.3 is 0 Å². The molecule has 0 fully saturated rings. The van der Waals surface area contributed by atoms with Crippen molar-refractivity contribution in [1.29, 1.82) is 0 Å². The quantitative estimate of drug-likeness (QED) is 0.733. The summed E-state index contributed by atoms with van der Waals surface area (Å²) in [5.41, 5.74) is 7.60. The molecule has 0 amide bonds. The Balaban J connectivity index is 2.30. The van der Waals surface area contributed by atoms with Gasteiger partial charge < -0.3 is 10.5 Å². The van der Waals surface area contributed by atoms with Crippen LogP contribution in [-0.2, 0) is 0 Å². The van der Waals surface area contributed by atoms with E-state index in [1.54, 1.807) is 6.33 Å². The summed E-state index contributed by atoms with van der Waals surface area (Å²) in [6, 6.07) is 7.77. The molecule has 0 aliphatic carbocycles. The van der Waals surface area contributed by atoms with E-state index in [1.807, 2.05) is 28.8 Å². The summed E-state index contributed by atoms with van der Waals surface area (Å²) in [5, 5.41) is 0. The number of aromatic nitrogens is 4. The zero-order valence-electron chi connectivity index (χ0n) is 9.74. The van der Waals surface area contributed by atoms with Gasteiger partial charge in [-0.25, -0.2) is 15.0 Å². The van der Waals surface area contributed by atoms with Gasteiger partial charge in [-0.3, -0.25) is 4.57 Å². The molecule has 6 heteroatoms. The maximum absolute atomic E-state index is 5.77. The summed E-state index contributed by atoms with van der Waals surface area (Å²) in [6.45, 7) is 0. The van der Waals surface area contributed by atoms with E-state index in [0.29, 0.717) is 17.4 Å². The van der Waals surface area contributed by atoms with Crippen molar-refractivity contribution >= 4 is 16.9 Å². The van der Waals surface area contributed by atoms with Crippen LogP contribution in [0.15, 0.2) is 36.9 Å². The largest absolute Gasteiger partial charge is 0.490 e. The summed E-state index contributed by atoms with van der Waals surface area (Å²) in [5.74, 6) is 1.33. The fraction of sp³-hybridized carbons (Fsp3) is 0.0833. The molecular weight excluding hydrogens is 230 g/mol. The summed E-state index contributed by atoms with van der Waals surface area (Å²) < 4.78 is 7.08. The van der Waals surface area contributed by atoms with Crippen molar-refractivity contribution < 1.29 is 4.74 Å². The van der Waals surface area contributed by atoms with E-state index in [-0.39, 0.29) is 0 Å². The summed E-state index contributed by atoms with van der Waals surface area (Å²) >= 11 is 0. The molecule has 0 saturated heterocycles. The molecule has 2 heterocycles. The number of nitrogens with two attached hydrogens (primary N) is 1. The number of methoxy groups -OCH3 is 1. The first-order valence-corrected chi connectivity index (χ1v) is 5.38. The van der Waals surface area contributed by atoms with Crippen LogP contribution in [-0.4, -0.2) is 26.6 Å². The summed E-state index contributed by atoms with van der Waals surface area (Å²) in [4.78, 5) is 12.4. The van der Waals surface area contributed by atoms with Crippen molar-refractivity contribution in [3.63, 3.8) is 0 Å². The van der Waals surface area contributed by atoms with E-state index in [1.165, 1.54) is 13.4 Å². The van der Waals surface area contributed by atoms with Gasteiger partial charge in [-0.05, 0) is 12.1 Å². The van der Waals surface area contributed by atoms with Crippen LogP contribution in [0.5, 0.6) is 5.75 Å². The zero-order valence-corrected chi connectivity index (χ0v) is 9.74. The third kappa shape index (κ3) is 1.46. The standard InChI is InChI=1S/C12H11N5O/c1-18-10-11(13)14-6-15-12(10)17-7-16-8-4-2-3-5-9(8)17/h2-7H,1H3,(H2,13,14,15). The molecule has 2 N–H and O–H groups in total. The highest BCUT2D eigenvalue weighted by molar-refractivity contribution is 5.77. The maximum atomic E-state index is 5.77. The van der Waals surface area contributed by atoms with Gasteiger partial charge in [-0.2, -0.15) is 0 Å². The number of ether oxygens (including phenoxy) is 1. The van der Waals surface area contributed by atoms with Gasteiger partial charge in [0, 0.05) is 0 Å². The second kappa shape index (κ2) is 3.99. The van der Waals surface area contributed by atoms with E-state index in [0.717, 1.165) is 11.0 Å². The number of nitrogens with zero attached hydrogens (tertiary/aromatic N) is 4. The van der Waals surface area contributed by atoms with E-state index in [4.69, 9.17) is 10.5 Å². The second-order valence-electron chi connectivity index (χ2n) is 3.72. The Bertz CT molecular complexity index is 707. The van der Waals surface area contributed by atoms with Crippen LogP contribution in [0.1, 0.15) is 0 Å². The van der Waals surface area contributed by atoms with Crippen LogP contribution in [0.4, 0.5) is 5.82 Å². The number of para-hydroxylation sites is 2. The Morgan fingerprint density at radius 2 is 2.00 bits per heavy atom. The minimum Gasteiger partial charge on any atom is -0.490 e. The maximum Gasteiger partial charge on any atom is 0.204 e. The number of fused-ring (bicyclic) bond motifs is 1. The summed E-state index contributed by atoms with van der Waals surface area (Å²) in [7, 11) is 1.54. The second-order valence-corrected chi connectivity index (χ2v) is 3.72. The van der Waals surface area contributed by atoms with Crippen LogP contribution in [0.3, 0.4) is 0 Å². The average Bonchev–Trinajstić information content (AvgIpc) is 2.82. The van der Waals surface area contributed by atoms with Crippen molar-refractivity contribution in [2.24, 2.45) is 0 Å². The van der Waals surface area contributed by atoms with Gasteiger partial charge in [0.1, 0.15) is 12.7 Å². The van der Waals surface area contributed by atoms with Crippen molar-refractivity contribution in [2.75, 3.05) is 12.8 Å². The van der Waals surface area contributed by atoms with E-state index >= 15 is 0 Å². The first-order chi connectivity index (χ1) is 8.81. The van der Waals surface area contributed by atoms with Gasteiger partial charge in [0.15, 0.2) is 11.6 Å². The van der Waals surface area contributed by atoms with E-state index < -0.39 is 0 Å². The lowest BCUT2D eigenvalue weighted by molar-refractivity contribution is 0.411. The number of hydrogen-bond acceptors (Lipinski definition) is 5. The highest BCUT2D eigenvalue weighted by Crippen LogP contribution is 2.27. The molecule has 3 rings (SSSR count). The molecule has 1 aromatic carbocycles. The molecular formula is C12H11N5O. The molecule has 2 aromatic heterocycles. The summed E-state index contributed by atoms with van der Waals surface area (Å²) in [6.07, 6.45) is 3.09. The van der Waals surface area contributed by atoms with Crippen LogP contribution < -0.4 is 10.5 Å². The number of rotatable bonds is 2. The highest BCUT2D eigenvalue weighted by atomic mass is 16.5. The van der Waals surface area contributed by atoms with E-state index in [9.17, 15) is 0 Å². The van der Waals surface area contributed by atoms with Gasteiger partial charge in [0.05, 0.1) is 18.1 Å². The van der Waals surface area contributed by atoms with Crippen molar-refractivity contribution in [2.45, 2.75) is 0 Å². The van der Waals surface area contributed by atoms with E-state index in [2.05, 4.69) is 15.0 Å². The Morgan fingerprint density at radius 3 is 2.83 bits per heavy atom. The Morgan fingerprint density at radius 1 is 1.17 bits per heavy atom. The molecule has 0 atom stereocenters. The highest BCUT2D eigenvalue weighted by Gasteiger charge is 2.13. The SMILES string of the molecule is COc1c(N)ncnc1-n1cnc2ccccc21. The first kappa shape index (κ1) is 10.5. The van der Waals surface area contributed by atoms with Crippen molar-refractivity contribution in [3.8, 4) is 11.6 Å². The Hall–Kier alpha value is -2.63. The number of nitrogen functional groups attached to an aromatic ring is 1. The first-order valence-electron chi connectivity index (χ1n) is 5.38. The fourth-order valence-electron chi connectivity index (χ4n) is 1.87. The van der Waals surface area contributed by atoms with Gasteiger partial charge in [-0.1, -0.05) is 12.1 Å². The van der Waals surface area contributed by atoms with Crippen molar-refractivity contribution in [3.05, 3.63) is 36.9 Å². The number of benzene rings is 1. The molecule has 6 nitrogen and oxygen atoms in total. The van der Waals surface area contributed by atoms with Gasteiger partial charge in [0.2, 0.25) is 5.75 Å². The van der Waals surface area contributed by atoms with Crippen molar-refractivity contribution in [1.82, 2.24) is 19.5 Å². The average molecular weight is 241 g/mol. The fourth-order valence-corrected chi connectivity index (χ4v) is 1.87. The molecule has 18 heavy (non-hydrogen) atoms. The third-order valence-corrected chi connectivity index (χ3v) is 2.70. The smallest absolute Gasteiger partial charge is 0.204 e.